The van der Waals surface area contributed by atoms with Crippen LogP contribution in [-0.2, 0) is 14.4 Å². The molecule has 10 heteroatoms. The molecule has 4 rings (SSSR count). The van der Waals surface area contributed by atoms with Crippen LogP contribution in [-0.4, -0.2) is 30.4 Å². The number of esters is 1. The minimum Gasteiger partial charge on any atom is -0.490 e. The third kappa shape index (κ3) is 6.29. The minimum absolute atomic E-state index is 0.150. The summed E-state index contributed by atoms with van der Waals surface area (Å²) in [7, 11) is 0. The molecule has 0 aromatic heterocycles. The smallest absolute Gasteiger partial charge is 0.336 e. The molecular formula is C28H20Cl2N2O6. The number of benzene rings is 3. The molecule has 3 aromatic carbocycles. The van der Waals surface area contributed by atoms with Crippen molar-refractivity contribution in [2.45, 2.75) is 6.92 Å². The van der Waals surface area contributed by atoms with Crippen LogP contribution in [0.15, 0.2) is 78.4 Å². The molecule has 1 fully saturated rings. The summed E-state index contributed by atoms with van der Waals surface area (Å²) >= 11 is 11.8. The Kier molecular flexibility index (Phi) is 8.25. The number of barbiturate groups is 1. The van der Waals surface area contributed by atoms with Crippen LogP contribution in [0.25, 0.3) is 12.2 Å². The third-order valence-electron chi connectivity index (χ3n) is 5.26. The topological polar surface area (TPSA) is 102 Å². The molecule has 8 nitrogen and oxygen atoms in total. The number of hydrogen-bond donors (Lipinski definition) is 1. The summed E-state index contributed by atoms with van der Waals surface area (Å²) in [4.78, 5) is 51.2. The molecule has 0 unspecified atom stereocenters. The van der Waals surface area contributed by atoms with Gasteiger partial charge in [0, 0.05) is 16.1 Å². The molecule has 1 aliphatic rings. The number of nitrogens with zero attached hydrogens (tertiary/aromatic N) is 1. The molecule has 0 spiro atoms. The Morgan fingerprint density at radius 3 is 2.18 bits per heavy atom. The molecule has 0 aliphatic carbocycles. The van der Waals surface area contributed by atoms with Gasteiger partial charge in [-0.3, -0.25) is 14.9 Å². The van der Waals surface area contributed by atoms with Gasteiger partial charge in [0.05, 0.1) is 12.3 Å². The molecule has 0 atom stereocenters. The van der Waals surface area contributed by atoms with Crippen molar-refractivity contribution in [2.75, 3.05) is 11.5 Å². The van der Waals surface area contributed by atoms with Gasteiger partial charge in [-0.15, -0.1) is 0 Å². The summed E-state index contributed by atoms with van der Waals surface area (Å²) in [5, 5.41) is 3.17. The fourth-order valence-corrected chi connectivity index (χ4v) is 3.75. The molecule has 0 bridgehead atoms. The molecule has 38 heavy (non-hydrogen) atoms. The van der Waals surface area contributed by atoms with Gasteiger partial charge >= 0.3 is 12.0 Å². The van der Waals surface area contributed by atoms with Crippen molar-refractivity contribution in [2.24, 2.45) is 0 Å². The lowest BCUT2D eigenvalue weighted by molar-refractivity contribution is -0.129. The number of anilines is 1. The second-order valence-corrected chi connectivity index (χ2v) is 8.75. The number of nitrogens with one attached hydrogen (secondary N) is 1. The lowest BCUT2D eigenvalue weighted by Crippen LogP contribution is -2.54. The molecule has 4 amide bonds. The van der Waals surface area contributed by atoms with E-state index < -0.39 is 23.8 Å². The maximum atomic E-state index is 13.1. The fourth-order valence-electron chi connectivity index (χ4n) is 3.50. The lowest BCUT2D eigenvalue weighted by atomic mass is 10.1. The largest absolute Gasteiger partial charge is 0.490 e. The highest BCUT2D eigenvalue weighted by Crippen LogP contribution is 2.31. The summed E-state index contributed by atoms with van der Waals surface area (Å²) in [6.07, 6.45) is 4.17. The molecule has 192 valence electrons. The van der Waals surface area contributed by atoms with E-state index in [9.17, 15) is 19.2 Å². The van der Waals surface area contributed by atoms with E-state index >= 15 is 0 Å². The van der Waals surface area contributed by atoms with E-state index in [0.717, 1.165) is 10.5 Å². The number of rotatable bonds is 7. The predicted octanol–water partition coefficient (Wildman–Crippen LogP) is 5.68. The summed E-state index contributed by atoms with van der Waals surface area (Å²) in [6, 6.07) is 16.6. The highest BCUT2D eigenvalue weighted by atomic mass is 35.5. The monoisotopic (exact) mass is 550 g/mol. The molecule has 1 saturated heterocycles. The maximum absolute atomic E-state index is 13.1. The van der Waals surface area contributed by atoms with Gasteiger partial charge in [0.1, 0.15) is 5.57 Å². The highest BCUT2D eigenvalue weighted by Gasteiger charge is 2.36. The first-order valence-corrected chi connectivity index (χ1v) is 12.1. The first kappa shape index (κ1) is 26.7. The number of ether oxygens (including phenoxy) is 2. The van der Waals surface area contributed by atoms with Crippen molar-refractivity contribution in [1.82, 2.24) is 5.32 Å². The Bertz CT molecular complexity index is 1460. The van der Waals surface area contributed by atoms with Gasteiger partial charge in [-0.2, -0.15) is 0 Å². The predicted molar refractivity (Wildman–Crippen MR) is 144 cm³/mol. The first-order valence-electron chi connectivity index (χ1n) is 11.3. The molecule has 1 aliphatic heterocycles. The summed E-state index contributed by atoms with van der Waals surface area (Å²) in [5.74, 6) is -1.90. The normalized spacial score (nSPS) is 14.7. The number of carbonyl (C=O) groups excluding carboxylic acids is 4. The summed E-state index contributed by atoms with van der Waals surface area (Å²) in [6.45, 7) is 2.02. The van der Waals surface area contributed by atoms with Crippen molar-refractivity contribution < 1.29 is 28.7 Å². The van der Waals surface area contributed by atoms with Gasteiger partial charge in [-0.25, -0.2) is 14.5 Å². The Morgan fingerprint density at radius 2 is 1.53 bits per heavy atom. The Balaban J connectivity index is 1.57. The number of hydrogen-bond acceptors (Lipinski definition) is 6. The molecule has 0 radical (unpaired) electrons. The number of urea groups is 1. The standard InChI is InChI=1S/C28H20Cl2N2O6/c1-2-37-24-16-18(5-13-23(24)38-25(33)14-6-17-3-7-19(29)8-4-17)15-22-26(34)31-28(36)32(27(22)35)21-11-9-20(30)10-12-21/h3-16H,2H2,1H3,(H,31,34,36)/b14-6+,22-15+. The van der Waals surface area contributed by atoms with Crippen LogP contribution in [0.5, 0.6) is 11.5 Å². The summed E-state index contributed by atoms with van der Waals surface area (Å²) in [5.41, 5.74) is 1.16. The van der Waals surface area contributed by atoms with Crippen LogP contribution in [0, 0.1) is 0 Å². The van der Waals surface area contributed by atoms with Crippen molar-refractivity contribution >= 4 is 64.9 Å². The first-order chi connectivity index (χ1) is 18.2. The van der Waals surface area contributed by atoms with Gasteiger partial charge in [-0.1, -0.05) is 41.4 Å². The van der Waals surface area contributed by atoms with Crippen LogP contribution in [0.3, 0.4) is 0 Å². The van der Waals surface area contributed by atoms with E-state index in [4.69, 9.17) is 32.7 Å². The van der Waals surface area contributed by atoms with Gasteiger partial charge in [0.15, 0.2) is 11.5 Å². The van der Waals surface area contributed by atoms with Crippen LogP contribution < -0.4 is 19.7 Å². The van der Waals surface area contributed by atoms with E-state index in [-0.39, 0.29) is 29.4 Å². The highest BCUT2D eigenvalue weighted by molar-refractivity contribution is 6.39. The zero-order valence-electron chi connectivity index (χ0n) is 19.9. The summed E-state index contributed by atoms with van der Waals surface area (Å²) < 4.78 is 11.0. The number of carbonyl (C=O) groups is 4. The molecule has 1 N–H and O–H groups in total. The number of amides is 4. The molecule has 3 aromatic rings. The second kappa shape index (κ2) is 11.8. The van der Waals surface area contributed by atoms with Crippen molar-refractivity contribution in [3.63, 3.8) is 0 Å². The van der Waals surface area contributed by atoms with Gasteiger partial charge in [-0.05, 0) is 78.7 Å². The fraction of sp³-hybridized carbons (Fsp3) is 0.0714. The Morgan fingerprint density at radius 1 is 0.895 bits per heavy atom. The van der Waals surface area contributed by atoms with Crippen LogP contribution in [0.2, 0.25) is 10.0 Å². The van der Waals surface area contributed by atoms with Gasteiger partial charge in [0.25, 0.3) is 11.8 Å². The quantitative estimate of drug-likeness (QED) is 0.176. The van der Waals surface area contributed by atoms with Gasteiger partial charge < -0.3 is 9.47 Å². The Hall–Kier alpha value is -4.40. The number of imide groups is 2. The van der Waals surface area contributed by atoms with E-state index in [1.807, 2.05) is 0 Å². The minimum atomic E-state index is -0.872. The number of halogens is 2. The van der Waals surface area contributed by atoms with E-state index in [0.29, 0.717) is 15.6 Å². The molecule has 0 saturated carbocycles. The van der Waals surface area contributed by atoms with Crippen LogP contribution in [0.1, 0.15) is 18.1 Å². The molecular weight excluding hydrogens is 531 g/mol. The van der Waals surface area contributed by atoms with Crippen molar-refractivity contribution in [3.05, 3.63) is 99.6 Å². The SMILES string of the molecule is CCOc1cc(/C=C2\C(=O)NC(=O)N(c3ccc(Cl)cc3)C2=O)ccc1OC(=O)/C=C/c1ccc(Cl)cc1. The van der Waals surface area contributed by atoms with E-state index in [1.54, 1.807) is 43.3 Å². The van der Waals surface area contributed by atoms with Crippen molar-refractivity contribution in [3.8, 4) is 11.5 Å². The Labute approximate surface area is 228 Å². The van der Waals surface area contributed by atoms with Crippen LogP contribution in [0.4, 0.5) is 10.5 Å². The van der Waals surface area contributed by atoms with E-state index in [2.05, 4.69) is 5.32 Å². The lowest BCUT2D eigenvalue weighted by Gasteiger charge is -2.26. The van der Waals surface area contributed by atoms with Gasteiger partial charge in [0.2, 0.25) is 0 Å². The average Bonchev–Trinajstić information content (AvgIpc) is 2.89. The average molecular weight is 551 g/mol. The van der Waals surface area contributed by atoms with Crippen molar-refractivity contribution in [1.29, 1.82) is 0 Å². The zero-order chi connectivity index (χ0) is 27.2. The zero-order valence-corrected chi connectivity index (χ0v) is 21.5. The van der Waals surface area contributed by atoms with Crippen LogP contribution >= 0.6 is 23.2 Å². The third-order valence-corrected chi connectivity index (χ3v) is 5.76. The molecule has 1 heterocycles. The van der Waals surface area contributed by atoms with E-state index in [1.165, 1.54) is 48.6 Å². The second-order valence-electron chi connectivity index (χ2n) is 7.88. The maximum Gasteiger partial charge on any atom is 0.336 e.